The second-order valence-electron chi connectivity index (χ2n) is 20.2. The number of hydrogen-bond acceptors (Lipinski definition) is 8. The average molecular weight is 1100 g/mol. The van der Waals surface area contributed by atoms with Crippen LogP contribution in [0, 0.1) is 0 Å². The van der Waals surface area contributed by atoms with Crippen molar-refractivity contribution in [1.29, 1.82) is 0 Å². The van der Waals surface area contributed by atoms with Gasteiger partial charge in [-0.3, -0.25) is 14.2 Å². The van der Waals surface area contributed by atoms with Crippen molar-refractivity contribution in [2.75, 3.05) is 47.5 Å². The van der Waals surface area contributed by atoms with E-state index in [0.717, 1.165) is 154 Å². The van der Waals surface area contributed by atoms with Gasteiger partial charge in [0.25, 0.3) is 7.82 Å². The Bertz CT molecular complexity index is 1920. The van der Waals surface area contributed by atoms with E-state index in [0.29, 0.717) is 23.9 Å². The van der Waals surface area contributed by atoms with Crippen LogP contribution in [-0.4, -0.2) is 70.0 Å². The molecule has 0 fully saturated rings. The fourth-order valence-corrected chi connectivity index (χ4v) is 7.93. The van der Waals surface area contributed by atoms with Crippen LogP contribution in [0.3, 0.4) is 0 Å². The molecule has 0 aromatic carbocycles. The number of quaternary nitrogens is 1. The number of rotatable bonds is 52. The topological polar surface area (TPSA) is 111 Å². The largest absolute Gasteiger partial charge is 0.756 e. The molecule has 2 atom stereocenters. The minimum Gasteiger partial charge on any atom is -0.756 e. The monoisotopic (exact) mass is 1100 g/mol. The third-order valence-electron chi connectivity index (χ3n) is 11.7. The quantitative estimate of drug-likeness (QED) is 0.0195. The average Bonchev–Trinajstić information content (AvgIpc) is 3.41. The number of esters is 2. The van der Waals surface area contributed by atoms with Crippen molar-refractivity contribution in [3.8, 4) is 0 Å². The summed E-state index contributed by atoms with van der Waals surface area (Å²) < 4.78 is 34.1. The Morgan fingerprint density at radius 2 is 0.692 bits per heavy atom. The summed E-state index contributed by atoms with van der Waals surface area (Å²) in [6.07, 6.45) is 86.9. The number of allylic oxidation sites excluding steroid dienone is 28. The molecule has 0 amide bonds. The zero-order valence-electron chi connectivity index (χ0n) is 49.5. The highest BCUT2D eigenvalue weighted by Crippen LogP contribution is 2.38. The highest BCUT2D eigenvalue weighted by Gasteiger charge is 2.21. The van der Waals surface area contributed by atoms with E-state index in [1.54, 1.807) is 0 Å². The van der Waals surface area contributed by atoms with Crippen molar-refractivity contribution in [2.24, 2.45) is 0 Å². The number of likely N-dealkylation sites (N-methyl/N-ethyl adjacent to an activating group) is 1. The minimum atomic E-state index is -4.66. The maximum atomic E-state index is 12.8. The fourth-order valence-electron chi connectivity index (χ4n) is 7.20. The summed E-state index contributed by atoms with van der Waals surface area (Å²) in [5, 5.41) is 0. The van der Waals surface area contributed by atoms with Crippen LogP contribution in [0.15, 0.2) is 170 Å². The molecule has 0 aromatic rings. The fraction of sp³-hybridized carbons (Fsp3) is 0.559. The van der Waals surface area contributed by atoms with Gasteiger partial charge >= 0.3 is 11.9 Å². The molecular formula is C68H108NO8P. The highest BCUT2D eigenvalue weighted by atomic mass is 31.2. The van der Waals surface area contributed by atoms with Gasteiger partial charge in [-0.15, -0.1) is 0 Å². The zero-order chi connectivity index (χ0) is 57.0. The summed E-state index contributed by atoms with van der Waals surface area (Å²) in [6, 6.07) is 0. The van der Waals surface area contributed by atoms with Crippen molar-refractivity contribution in [3.63, 3.8) is 0 Å². The number of carbonyl (C=O) groups is 2. The van der Waals surface area contributed by atoms with Crippen molar-refractivity contribution in [2.45, 2.75) is 200 Å². The van der Waals surface area contributed by atoms with Crippen molar-refractivity contribution < 1.29 is 42.1 Å². The highest BCUT2D eigenvalue weighted by molar-refractivity contribution is 7.45. The number of phosphoric acid groups is 1. The first kappa shape index (κ1) is 73.4. The van der Waals surface area contributed by atoms with E-state index in [1.807, 2.05) is 21.1 Å². The lowest BCUT2D eigenvalue weighted by molar-refractivity contribution is -0.870. The van der Waals surface area contributed by atoms with Gasteiger partial charge < -0.3 is 27.9 Å². The number of carbonyl (C=O) groups excluding carboxylic acids is 2. The lowest BCUT2D eigenvalue weighted by Crippen LogP contribution is -2.37. The molecular weight excluding hydrogens is 990 g/mol. The molecule has 0 saturated carbocycles. The van der Waals surface area contributed by atoms with E-state index in [2.05, 4.69) is 184 Å². The minimum absolute atomic E-state index is 0.0492. The van der Waals surface area contributed by atoms with Crippen molar-refractivity contribution in [1.82, 2.24) is 0 Å². The molecule has 0 aliphatic carbocycles. The van der Waals surface area contributed by atoms with Crippen LogP contribution >= 0.6 is 7.82 Å². The molecule has 0 aliphatic heterocycles. The molecule has 0 aliphatic rings. The van der Waals surface area contributed by atoms with Crippen LogP contribution in [0.1, 0.15) is 194 Å². The van der Waals surface area contributed by atoms with Crippen LogP contribution in [0.2, 0.25) is 0 Å². The SMILES string of the molecule is CC/C=C\C/C=C\C/C=C\C/C=C\C/C=C\C/C=C\C/C=C\C/C=C\C/C=C\C/C=C\CCCCCCC(=O)OC(COC(=O)CCCCCCCC/C=C\C/C=C\C/C=C\C/C=C\CC)COP(=O)([O-])OCC[N+](C)(C)C. The van der Waals surface area contributed by atoms with Crippen LogP contribution in [0.25, 0.3) is 0 Å². The molecule has 0 bridgehead atoms. The summed E-state index contributed by atoms with van der Waals surface area (Å²) in [5.74, 6) is -0.895. The van der Waals surface area contributed by atoms with Crippen LogP contribution < -0.4 is 4.89 Å². The van der Waals surface area contributed by atoms with Gasteiger partial charge in [0.15, 0.2) is 6.10 Å². The van der Waals surface area contributed by atoms with E-state index in [9.17, 15) is 19.0 Å². The Kier molecular flexibility index (Phi) is 53.7. The van der Waals surface area contributed by atoms with Gasteiger partial charge in [-0.2, -0.15) is 0 Å². The molecule has 78 heavy (non-hydrogen) atoms. The number of phosphoric ester groups is 1. The lowest BCUT2D eigenvalue weighted by atomic mass is 10.1. The first-order valence-electron chi connectivity index (χ1n) is 29.8. The number of ether oxygens (including phenoxy) is 2. The van der Waals surface area contributed by atoms with Crippen molar-refractivity contribution in [3.05, 3.63) is 170 Å². The molecule has 438 valence electrons. The second kappa shape index (κ2) is 57.1. The number of hydrogen-bond donors (Lipinski definition) is 0. The van der Waals surface area contributed by atoms with Crippen molar-refractivity contribution >= 4 is 19.8 Å². The van der Waals surface area contributed by atoms with Crippen LogP contribution in [0.4, 0.5) is 0 Å². The Morgan fingerprint density at radius 3 is 1.03 bits per heavy atom. The summed E-state index contributed by atoms with van der Waals surface area (Å²) in [5.41, 5.74) is 0. The molecule has 0 heterocycles. The predicted octanol–water partition coefficient (Wildman–Crippen LogP) is 18.4. The standard InChI is InChI=1S/C68H108NO8P/c1-6-8-10-12-14-16-18-20-22-24-26-27-28-29-30-31-32-33-34-35-36-37-38-39-40-41-43-45-47-49-51-53-55-57-59-61-68(71)77-66(65-76-78(72,73)75-63-62-69(3,4)5)64-74-67(70)60-58-56-54-52-50-48-46-44-42-25-23-21-19-17-15-13-11-9-7-2/h8-11,14-17,20-23,26-27,29-30,32-33,35-36,38-39,41-44,47,49,66H,6-7,12-13,18-19,24-25,28,31,34,37,40,45-46,48,50-65H2,1-5H3/b10-8-,11-9-,16-14-,17-15-,22-20-,23-21-,27-26-,30-29-,33-32-,36-35-,39-38-,43-41-,44-42-,49-47-. The van der Waals surface area contributed by atoms with Gasteiger partial charge in [-0.05, 0) is 128 Å². The van der Waals surface area contributed by atoms with Crippen LogP contribution in [-0.2, 0) is 32.7 Å². The first-order valence-corrected chi connectivity index (χ1v) is 31.3. The van der Waals surface area contributed by atoms with Gasteiger partial charge in [-0.25, -0.2) is 0 Å². The first-order chi connectivity index (χ1) is 38.0. The van der Waals surface area contributed by atoms with Crippen LogP contribution in [0.5, 0.6) is 0 Å². The molecule has 0 saturated heterocycles. The normalized spacial score (nSPS) is 14.5. The van der Waals surface area contributed by atoms with Gasteiger partial charge in [0.2, 0.25) is 0 Å². The molecule has 2 unspecified atom stereocenters. The number of unbranched alkanes of at least 4 members (excludes halogenated alkanes) is 10. The summed E-state index contributed by atoms with van der Waals surface area (Å²) >= 11 is 0. The third-order valence-corrected chi connectivity index (χ3v) is 12.7. The third kappa shape index (κ3) is 60.6. The van der Waals surface area contributed by atoms with Gasteiger partial charge in [0.1, 0.15) is 19.8 Å². The zero-order valence-corrected chi connectivity index (χ0v) is 50.4. The summed E-state index contributed by atoms with van der Waals surface area (Å²) in [6.45, 7) is 3.93. The van der Waals surface area contributed by atoms with Gasteiger partial charge in [0, 0.05) is 12.8 Å². The van der Waals surface area contributed by atoms with E-state index in [1.165, 1.54) is 0 Å². The Labute approximate surface area is 477 Å². The van der Waals surface area contributed by atoms with E-state index in [-0.39, 0.29) is 26.1 Å². The predicted molar refractivity (Wildman–Crippen MR) is 332 cm³/mol. The molecule has 0 N–H and O–H groups in total. The van der Waals surface area contributed by atoms with Gasteiger partial charge in [0.05, 0.1) is 27.7 Å². The maximum Gasteiger partial charge on any atom is 0.306 e. The smallest absolute Gasteiger partial charge is 0.306 e. The molecule has 9 nitrogen and oxygen atoms in total. The number of nitrogens with zero attached hydrogens (tertiary/aromatic N) is 1. The molecule has 0 radical (unpaired) electrons. The second-order valence-corrected chi connectivity index (χ2v) is 21.7. The van der Waals surface area contributed by atoms with E-state index < -0.39 is 32.5 Å². The summed E-state index contributed by atoms with van der Waals surface area (Å²) in [4.78, 5) is 37.9. The molecule has 0 spiro atoms. The molecule has 0 aromatic heterocycles. The Hall–Kier alpha value is -4.63. The Balaban J connectivity index is 4.28. The lowest BCUT2D eigenvalue weighted by Gasteiger charge is -2.28. The maximum absolute atomic E-state index is 12.8. The van der Waals surface area contributed by atoms with E-state index >= 15 is 0 Å². The molecule has 0 rings (SSSR count). The summed E-state index contributed by atoms with van der Waals surface area (Å²) in [7, 11) is 1.11. The van der Waals surface area contributed by atoms with E-state index in [4.69, 9.17) is 18.5 Å². The molecule has 10 heteroatoms. The van der Waals surface area contributed by atoms with Gasteiger partial charge in [-0.1, -0.05) is 223 Å². The Morgan fingerprint density at radius 1 is 0.397 bits per heavy atom.